The SMILES string of the molecule is Cc1cc(C=O)ccc1Oc1cccc(Cl)c1. The minimum absolute atomic E-state index is 0.629. The summed E-state index contributed by atoms with van der Waals surface area (Å²) in [5.41, 5.74) is 1.55. The lowest BCUT2D eigenvalue weighted by molar-refractivity contribution is 0.112. The molecular formula is C14H11ClO2. The highest BCUT2D eigenvalue weighted by atomic mass is 35.5. The van der Waals surface area contributed by atoms with E-state index in [1.807, 2.05) is 19.1 Å². The van der Waals surface area contributed by atoms with Crippen LogP contribution in [0.3, 0.4) is 0 Å². The Balaban J connectivity index is 2.27. The van der Waals surface area contributed by atoms with Gasteiger partial charge in [-0.2, -0.15) is 0 Å². The maximum atomic E-state index is 10.6. The number of carbonyl (C=O) groups excluding carboxylic acids is 1. The van der Waals surface area contributed by atoms with E-state index in [0.29, 0.717) is 16.3 Å². The lowest BCUT2D eigenvalue weighted by atomic mass is 10.1. The van der Waals surface area contributed by atoms with Crippen LogP contribution in [0.2, 0.25) is 5.02 Å². The van der Waals surface area contributed by atoms with Crippen LogP contribution in [0.1, 0.15) is 15.9 Å². The molecule has 3 heteroatoms. The molecular weight excluding hydrogens is 236 g/mol. The molecule has 2 aromatic carbocycles. The molecule has 0 amide bonds. The summed E-state index contributed by atoms with van der Waals surface area (Å²) in [6.45, 7) is 1.90. The molecule has 0 aliphatic heterocycles. The van der Waals surface area contributed by atoms with Crippen molar-refractivity contribution >= 4 is 17.9 Å². The zero-order valence-corrected chi connectivity index (χ0v) is 10.1. The molecule has 0 spiro atoms. The number of aryl methyl sites for hydroxylation is 1. The molecule has 0 heterocycles. The van der Waals surface area contributed by atoms with Crippen molar-refractivity contribution in [2.45, 2.75) is 6.92 Å². The Bertz CT molecular complexity index is 550. The fourth-order valence-electron chi connectivity index (χ4n) is 1.52. The summed E-state index contributed by atoms with van der Waals surface area (Å²) in [6.07, 6.45) is 0.816. The smallest absolute Gasteiger partial charge is 0.150 e. The summed E-state index contributed by atoms with van der Waals surface area (Å²) in [7, 11) is 0. The number of hydrogen-bond donors (Lipinski definition) is 0. The number of benzene rings is 2. The third-order valence-corrected chi connectivity index (χ3v) is 2.59. The first kappa shape index (κ1) is 11.7. The zero-order chi connectivity index (χ0) is 12.3. The van der Waals surface area contributed by atoms with Gasteiger partial charge in [0, 0.05) is 10.6 Å². The number of carbonyl (C=O) groups is 1. The van der Waals surface area contributed by atoms with E-state index < -0.39 is 0 Å². The van der Waals surface area contributed by atoms with Crippen LogP contribution in [0, 0.1) is 6.92 Å². The van der Waals surface area contributed by atoms with E-state index in [2.05, 4.69) is 0 Å². The molecule has 0 bridgehead atoms. The first-order chi connectivity index (χ1) is 8.19. The van der Waals surface area contributed by atoms with E-state index in [0.717, 1.165) is 17.6 Å². The van der Waals surface area contributed by atoms with Crippen LogP contribution in [0.25, 0.3) is 0 Å². The van der Waals surface area contributed by atoms with Crippen molar-refractivity contribution in [2.24, 2.45) is 0 Å². The van der Waals surface area contributed by atoms with Crippen molar-refractivity contribution in [3.8, 4) is 11.5 Å². The number of ether oxygens (including phenoxy) is 1. The summed E-state index contributed by atoms with van der Waals surface area (Å²) in [5.74, 6) is 1.40. The Kier molecular flexibility index (Phi) is 3.45. The molecule has 0 radical (unpaired) electrons. The molecule has 0 aliphatic rings. The summed E-state index contributed by atoms with van der Waals surface area (Å²) in [4.78, 5) is 10.6. The monoisotopic (exact) mass is 246 g/mol. The molecule has 2 nitrogen and oxygen atoms in total. The molecule has 0 saturated heterocycles. The molecule has 0 unspecified atom stereocenters. The van der Waals surface area contributed by atoms with Gasteiger partial charge in [0.15, 0.2) is 0 Å². The zero-order valence-electron chi connectivity index (χ0n) is 9.31. The lowest BCUT2D eigenvalue weighted by Gasteiger charge is -2.09. The Labute approximate surface area is 105 Å². The van der Waals surface area contributed by atoms with Crippen LogP contribution >= 0.6 is 11.6 Å². The molecule has 0 atom stereocenters. The first-order valence-electron chi connectivity index (χ1n) is 5.18. The van der Waals surface area contributed by atoms with Crippen LogP contribution in [-0.2, 0) is 0 Å². The molecule has 0 aliphatic carbocycles. The van der Waals surface area contributed by atoms with E-state index in [4.69, 9.17) is 16.3 Å². The van der Waals surface area contributed by atoms with Gasteiger partial charge in [0.05, 0.1) is 0 Å². The number of hydrogen-bond acceptors (Lipinski definition) is 2. The van der Waals surface area contributed by atoms with Gasteiger partial charge in [0.2, 0.25) is 0 Å². The van der Waals surface area contributed by atoms with E-state index in [1.54, 1.807) is 30.3 Å². The second kappa shape index (κ2) is 5.02. The van der Waals surface area contributed by atoms with E-state index in [-0.39, 0.29) is 0 Å². The third kappa shape index (κ3) is 2.86. The van der Waals surface area contributed by atoms with Crippen molar-refractivity contribution in [3.05, 3.63) is 58.6 Å². The standard InChI is InChI=1S/C14H11ClO2/c1-10-7-11(9-16)5-6-14(10)17-13-4-2-3-12(15)8-13/h2-9H,1H3. The van der Waals surface area contributed by atoms with Crippen molar-refractivity contribution in [2.75, 3.05) is 0 Å². The Morgan fingerprint density at radius 1 is 1.18 bits per heavy atom. The van der Waals surface area contributed by atoms with Gasteiger partial charge in [-0.15, -0.1) is 0 Å². The maximum Gasteiger partial charge on any atom is 0.150 e. The van der Waals surface area contributed by atoms with Crippen LogP contribution < -0.4 is 4.74 Å². The maximum absolute atomic E-state index is 10.6. The highest BCUT2D eigenvalue weighted by Gasteiger charge is 2.03. The summed E-state index contributed by atoms with van der Waals surface area (Å²) in [5, 5.41) is 0.629. The Morgan fingerprint density at radius 2 is 2.00 bits per heavy atom. The summed E-state index contributed by atoms with van der Waals surface area (Å²) in [6, 6.07) is 12.5. The van der Waals surface area contributed by atoms with Crippen LogP contribution in [0.15, 0.2) is 42.5 Å². The highest BCUT2D eigenvalue weighted by Crippen LogP contribution is 2.27. The Hall–Kier alpha value is -1.80. The first-order valence-corrected chi connectivity index (χ1v) is 5.56. The van der Waals surface area contributed by atoms with Crippen LogP contribution in [0.4, 0.5) is 0 Å². The van der Waals surface area contributed by atoms with E-state index in [1.165, 1.54) is 0 Å². The molecule has 17 heavy (non-hydrogen) atoms. The molecule has 2 rings (SSSR count). The van der Waals surface area contributed by atoms with Crippen molar-refractivity contribution in [3.63, 3.8) is 0 Å². The predicted molar refractivity (Wildman–Crippen MR) is 68.1 cm³/mol. The van der Waals surface area contributed by atoms with Gasteiger partial charge in [-0.1, -0.05) is 17.7 Å². The number of aldehydes is 1. The average molecular weight is 247 g/mol. The van der Waals surface area contributed by atoms with Gasteiger partial charge < -0.3 is 4.74 Å². The Morgan fingerprint density at radius 3 is 2.65 bits per heavy atom. The van der Waals surface area contributed by atoms with Gasteiger partial charge in [-0.05, 0) is 48.9 Å². The van der Waals surface area contributed by atoms with Crippen molar-refractivity contribution in [1.29, 1.82) is 0 Å². The van der Waals surface area contributed by atoms with Crippen molar-refractivity contribution < 1.29 is 9.53 Å². The molecule has 86 valence electrons. The van der Waals surface area contributed by atoms with Gasteiger partial charge in [0.1, 0.15) is 17.8 Å². The highest BCUT2D eigenvalue weighted by molar-refractivity contribution is 6.30. The quantitative estimate of drug-likeness (QED) is 0.757. The average Bonchev–Trinajstić information content (AvgIpc) is 2.32. The van der Waals surface area contributed by atoms with Crippen molar-refractivity contribution in [1.82, 2.24) is 0 Å². The van der Waals surface area contributed by atoms with E-state index >= 15 is 0 Å². The normalized spacial score (nSPS) is 10.0. The summed E-state index contributed by atoms with van der Waals surface area (Å²) >= 11 is 5.87. The molecule has 2 aromatic rings. The van der Waals surface area contributed by atoms with E-state index in [9.17, 15) is 4.79 Å². The van der Waals surface area contributed by atoms with Gasteiger partial charge in [-0.3, -0.25) is 4.79 Å². The minimum atomic E-state index is 0.629. The molecule has 0 N–H and O–H groups in total. The summed E-state index contributed by atoms with van der Waals surface area (Å²) < 4.78 is 5.69. The predicted octanol–water partition coefficient (Wildman–Crippen LogP) is 4.25. The third-order valence-electron chi connectivity index (χ3n) is 2.36. The number of rotatable bonds is 3. The second-order valence-electron chi connectivity index (χ2n) is 3.70. The number of halogens is 1. The largest absolute Gasteiger partial charge is 0.457 e. The minimum Gasteiger partial charge on any atom is -0.457 e. The molecule has 0 aromatic heterocycles. The fraction of sp³-hybridized carbons (Fsp3) is 0.0714. The van der Waals surface area contributed by atoms with Gasteiger partial charge in [-0.25, -0.2) is 0 Å². The van der Waals surface area contributed by atoms with Crippen LogP contribution in [0.5, 0.6) is 11.5 Å². The van der Waals surface area contributed by atoms with Gasteiger partial charge >= 0.3 is 0 Å². The lowest BCUT2D eigenvalue weighted by Crippen LogP contribution is -1.89. The molecule has 0 saturated carbocycles. The molecule has 0 fully saturated rings. The topological polar surface area (TPSA) is 26.3 Å². The van der Waals surface area contributed by atoms with Gasteiger partial charge in [0.25, 0.3) is 0 Å². The second-order valence-corrected chi connectivity index (χ2v) is 4.14. The fourth-order valence-corrected chi connectivity index (χ4v) is 1.70. The van der Waals surface area contributed by atoms with Crippen LogP contribution in [-0.4, -0.2) is 6.29 Å².